The molecule has 0 atom stereocenters. The summed E-state index contributed by atoms with van der Waals surface area (Å²) in [5, 5.41) is 0. The van der Waals surface area contributed by atoms with Gasteiger partial charge >= 0.3 is 0 Å². The summed E-state index contributed by atoms with van der Waals surface area (Å²) >= 11 is 0. The molecule has 0 unspecified atom stereocenters. The molecule has 0 aromatic heterocycles. The second kappa shape index (κ2) is 14.8. The third-order valence-corrected chi connectivity index (χ3v) is 3.97. The van der Waals surface area contributed by atoms with Gasteiger partial charge in [0.25, 0.3) is 0 Å². The van der Waals surface area contributed by atoms with Crippen molar-refractivity contribution in [3.05, 3.63) is 0 Å². The number of nitrogens with zero attached hydrogens (tertiary/aromatic N) is 1. The largest absolute Gasteiger partial charge is 0.376 e. The smallest absolute Gasteiger partial charge is 0.102 e. The van der Waals surface area contributed by atoms with Gasteiger partial charge in [0.15, 0.2) is 0 Å². The average molecular weight is 303 g/mol. The lowest BCUT2D eigenvalue weighted by atomic mass is 10.2. The van der Waals surface area contributed by atoms with Gasteiger partial charge in [0.1, 0.15) is 13.1 Å². The first kappa shape index (κ1) is 20.9. The van der Waals surface area contributed by atoms with E-state index in [0.717, 1.165) is 44.0 Å². The van der Waals surface area contributed by atoms with E-state index in [1.54, 1.807) is 0 Å². The zero-order valence-electron chi connectivity index (χ0n) is 15.2. The molecule has 128 valence electrons. The van der Waals surface area contributed by atoms with Crippen molar-refractivity contribution in [2.24, 2.45) is 0 Å². The summed E-state index contributed by atoms with van der Waals surface area (Å²) in [4.78, 5) is 0. The lowest BCUT2D eigenvalue weighted by molar-refractivity contribution is -0.891. The van der Waals surface area contributed by atoms with Gasteiger partial charge in [-0.15, -0.1) is 0 Å². The van der Waals surface area contributed by atoms with Crippen molar-refractivity contribution in [2.75, 3.05) is 53.6 Å². The number of unbranched alkanes of at least 4 members (excludes halogenated alkanes) is 6. The molecule has 0 aliphatic carbocycles. The van der Waals surface area contributed by atoms with Crippen LogP contribution in [0.5, 0.6) is 0 Å². The van der Waals surface area contributed by atoms with Crippen LogP contribution in [0.3, 0.4) is 0 Å². The van der Waals surface area contributed by atoms with Gasteiger partial charge in [-0.2, -0.15) is 0 Å². The topological polar surface area (TPSA) is 18.5 Å². The van der Waals surface area contributed by atoms with E-state index in [1.165, 1.54) is 51.4 Å². The predicted octanol–water partition coefficient (Wildman–Crippen LogP) is 4.26. The van der Waals surface area contributed by atoms with Crippen LogP contribution in [0.25, 0.3) is 0 Å². The summed E-state index contributed by atoms with van der Waals surface area (Å²) in [6, 6.07) is 0. The zero-order valence-corrected chi connectivity index (χ0v) is 15.2. The average Bonchev–Trinajstić information content (AvgIpc) is 2.45. The molecule has 21 heavy (non-hydrogen) atoms. The number of ether oxygens (including phenoxy) is 2. The predicted molar refractivity (Wildman–Crippen MR) is 91.8 cm³/mol. The Morgan fingerprint density at radius 1 is 0.571 bits per heavy atom. The number of quaternary nitrogens is 1. The Morgan fingerprint density at radius 2 is 1.00 bits per heavy atom. The van der Waals surface area contributed by atoms with Gasteiger partial charge in [-0.25, -0.2) is 0 Å². The minimum atomic E-state index is 0.871. The zero-order chi connectivity index (χ0) is 15.8. The molecule has 0 radical (unpaired) electrons. The molecule has 0 saturated heterocycles. The highest BCUT2D eigenvalue weighted by atomic mass is 16.5. The van der Waals surface area contributed by atoms with Gasteiger partial charge < -0.3 is 14.0 Å². The Labute approximate surface area is 133 Å². The van der Waals surface area contributed by atoms with Gasteiger partial charge in [0.2, 0.25) is 0 Å². The number of rotatable bonds is 16. The molecule has 0 spiro atoms. The Hall–Kier alpha value is -0.120. The SMILES string of the molecule is CCCCCCOCC[N+](C)(C)CCOCCCCCC. The van der Waals surface area contributed by atoms with Crippen molar-refractivity contribution < 1.29 is 14.0 Å². The molecule has 0 fully saturated rings. The lowest BCUT2D eigenvalue weighted by Gasteiger charge is -2.29. The van der Waals surface area contributed by atoms with Crippen LogP contribution in [0.15, 0.2) is 0 Å². The Bertz CT molecular complexity index is 187. The standard InChI is InChI=1S/C18H40NO2/c1-5-7-9-11-15-20-17-13-19(3,4)14-18-21-16-12-10-8-6-2/h5-18H2,1-4H3/q+1. The Morgan fingerprint density at radius 3 is 1.38 bits per heavy atom. The van der Waals surface area contributed by atoms with Crippen molar-refractivity contribution in [1.29, 1.82) is 0 Å². The first-order valence-corrected chi connectivity index (χ1v) is 9.10. The molecule has 3 nitrogen and oxygen atoms in total. The second-order valence-corrected chi connectivity index (χ2v) is 6.73. The van der Waals surface area contributed by atoms with Gasteiger partial charge in [-0.1, -0.05) is 52.4 Å². The first-order valence-electron chi connectivity index (χ1n) is 9.10. The summed E-state index contributed by atoms with van der Waals surface area (Å²) in [6.45, 7) is 10.2. The maximum absolute atomic E-state index is 5.73. The summed E-state index contributed by atoms with van der Waals surface area (Å²) in [6.07, 6.45) is 10.3. The fourth-order valence-corrected chi connectivity index (χ4v) is 2.20. The summed E-state index contributed by atoms with van der Waals surface area (Å²) in [5.41, 5.74) is 0. The van der Waals surface area contributed by atoms with E-state index in [9.17, 15) is 0 Å². The Balaban J connectivity index is 3.35. The first-order chi connectivity index (χ1) is 10.1. The molecule has 0 rings (SSSR count). The fourth-order valence-electron chi connectivity index (χ4n) is 2.20. The molecule has 0 aliphatic heterocycles. The summed E-state index contributed by atoms with van der Waals surface area (Å²) in [7, 11) is 4.53. The Kier molecular flexibility index (Phi) is 14.7. The third-order valence-electron chi connectivity index (χ3n) is 3.97. The van der Waals surface area contributed by atoms with Crippen LogP contribution in [0.1, 0.15) is 65.2 Å². The van der Waals surface area contributed by atoms with E-state index >= 15 is 0 Å². The molecule has 0 aliphatic rings. The van der Waals surface area contributed by atoms with Gasteiger partial charge in [-0.3, -0.25) is 0 Å². The molecule has 0 bridgehead atoms. The van der Waals surface area contributed by atoms with Crippen molar-refractivity contribution in [2.45, 2.75) is 65.2 Å². The van der Waals surface area contributed by atoms with Crippen LogP contribution in [0.2, 0.25) is 0 Å². The van der Waals surface area contributed by atoms with Crippen LogP contribution < -0.4 is 0 Å². The highest BCUT2D eigenvalue weighted by Gasteiger charge is 2.14. The number of hydrogen-bond acceptors (Lipinski definition) is 2. The molecular weight excluding hydrogens is 262 g/mol. The maximum Gasteiger partial charge on any atom is 0.102 e. The van der Waals surface area contributed by atoms with Crippen LogP contribution in [-0.4, -0.2) is 58.1 Å². The van der Waals surface area contributed by atoms with E-state index in [0.29, 0.717) is 0 Å². The van der Waals surface area contributed by atoms with Crippen molar-refractivity contribution >= 4 is 0 Å². The summed E-state index contributed by atoms with van der Waals surface area (Å²) in [5.74, 6) is 0. The normalized spacial score (nSPS) is 12.0. The molecule has 0 aromatic carbocycles. The van der Waals surface area contributed by atoms with Crippen LogP contribution >= 0.6 is 0 Å². The van der Waals surface area contributed by atoms with E-state index in [4.69, 9.17) is 9.47 Å². The molecule has 0 N–H and O–H groups in total. The lowest BCUT2D eigenvalue weighted by Crippen LogP contribution is -2.44. The molecule has 0 heterocycles. The van der Waals surface area contributed by atoms with Gasteiger partial charge in [0.05, 0.1) is 27.3 Å². The minimum Gasteiger partial charge on any atom is -0.376 e. The van der Waals surface area contributed by atoms with E-state index in [1.807, 2.05) is 0 Å². The monoisotopic (exact) mass is 302 g/mol. The van der Waals surface area contributed by atoms with E-state index in [-0.39, 0.29) is 0 Å². The minimum absolute atomic E-state index is 0.871. The van der Waals surface area contributed by atoms with Crippen LogP contribution in [-0.2, 0) is 9.47 Å². The van der Waals surface area contributed by atoms with E-state index in [2.05, 4.69) is 27.9 Å². The van der Waals surface area contributed by atoms with Gasteiger partial charge in [-0.05, 0) is 12.8 Å². The summed E-state index contributed by atoms with van der Waals surface area (Å²) < 4.78 is 12.5. The van der Waals surface area contributed by atoms with Crippen molar-refractivity contribution in [1.82, 2.24) is 0 Å². The maximum atomic E-state index is 5.73. The molecule has 3 heteroatoms. The number of hydrogen-bond donors (Lipinski definition) is 0. The fraction of sp³-hybridized carbons (Fsp3) is 1.00. The molecule has 0 amide bonds. The molecule has 0 saturated carbocycles. The van der Waals surface area contributed by atoms with Crippen molar-refractivity contribution in [3.8, 4) is 0 Å². The van der Waals surface area contributed by atoms with Crippen molar-refractivity contribution in [3.63, 3.8) is 0 Å². The molecular formula is C18H40NO2+. The number of likely N-dealkylation sites (N-methyl/N-ethyl adjacent to an activating group) is 1. The quantitative estimate of drug-likeness (QED) is 0.313. The van der Waals surface area contributed by atoms with Gasteiger partial charge in [0, 0.05) is 13.2 Å². The van der Waals surface area contributed by atoms with Crippen LogP contribution in [0.4, 0.5) is 0 Å². The third kappa shape index (κ3) is 16.1. The van der Waals surface area contributed by atoms with Crippen LogP contribution in [0, 0.1) is 0 Å². The molecule has 0 aromatic rings. The highest BCUT2D eigenvalue weighted by Crippen LogP contribution is 2.02. The second-order valence-electron chi connectivity index (χ2n) is 6.73. The van der Waals surface area contributed by atoms with E-state index < -0.39 is 0 Å². The highest BCUT2D eigenvalue weighted by molar-refractivity contribution is 4.42.